The maximum atomic E-state index is 10.8. The van der Waals surface area contributed by atoms with Crippen molar-refractivity contribution in [2.24, 2.45) is 5.73 Å². The minimum atomic E-state index is -1.29. The molecular formula is C6H8N2O4. The molecule has 66 valence electrons. The maximum absolute atomic E-state index is 10.8. The third-order valence-electron chi connectivity index (χ3n) is 1.72. The van der Waals surface area contributed by atoms with Crippen molar-refractivity contribution >= 4 is 17.8 Å². The van der Waals surface area contributed by atoms with Crippen LogP contribution in [-0.2, 0) is 9.59 Å². The van der Waals surface area contributed by atoms with E-state index in [2.05, 4.69) is 0 Å². The van der Waals surface area contributed by atoms with Crippen LogP contribution in [0.2, 0.25) is 0 Å². The molecule has 2 amide bonds. The van der Waals surface area contributed by atoms with E-state index < -0.39 is 18.0 Å². The molecule has 1 aliphatic rings. The molecule has 1 aliphatic heterocycles. The molecule has 0 aromatic rings. The normalized spacial score (nSPS) is 22.8. The Morgan fingerprint density at radius 2 is 2.17 bits per heavy atom. The van der Waals surface area contributed by atoms with Crippen molar-refractivity contribution in [2.75, 3.05) is 6.54 Å². The van der Waals surface area contributed by atoms with Crippen LogP contribution >= 0.6 is 0 Å². The van der Waals surface area contributed by atoms with E-state index in [0.717, 1.165) is 4.90 Å². The lowest BCUT2D eigenvalue weighted by atomic mass is 10.2. The van der Waals surface area contributed by atoms with Gasteiger partial charge in [-0.15, -0.1) is 0 Å². The van der Waals surface area contributed by atoms with Crippen LogP contribution in [0.5, 0.6) is 0 Å². The van der Waals surface area contributed by atoms with E-state index in [9.17, 15) is 14.4 Å². The zero-order valence-electron chi connectivity index (χ0n) is 6.19. The van der Waals surface area contributed by atoms with Gasteiger partial charge in [-0.3, -0.25) is 14.5 Å². The van der Waals surface area contributed by atoms with Crippen LogP contribution < -0.4 is 5.73 Å². The van der Waals surface area contributed by atoms with Gasteiger partial charge in [-0.1, -0.05) is 0 Å². The molecule has 1 saturated heterocycles. The van der Waals surface area contributed by atoms with Gasteiger partial charge < -0.3 is 10.8 Å². The van der Waals surface area contributed by atoms with Gasteiger partial charge in [-0.25, -0.2) is 4.79 Å². The second-order valence-electron chi connectivity index (χ2n) is 2.57. The average molecular weight is 172 g/mol. The topological polar surface area (TPSA) is 101 Å². The number of nitrogens with zero attached hydrogens (tertiary/aromatic N) is 1. The van der Waals surface area contributed by atoms with Crippen LogP contribution in [0.1, 0.15) is 6.42 Å². The van der Waals surface area contributed by atoms with Crippen molar-refractivity contribution in [3.63, 3.8) is 0 Å². The first-order valence-electron chi connectivity index (χ1n) is 3.33. The van der Waals surface area contributed by atoms with Gasteiger partial charge in [0.2, 0.25) is 5.91 Å². The number of carbonyl (C=O) groups excluding carboxylic acids is 2. The average Bonchev–Trinajstić information content (AvgIpc) is 2.31. The molecule has 12 heavy (non-hydrogen) atoms. The summed E-state index contributed by atoms with van der Waals surface area (Å²) in [5.74, 6) is -1.05. The number of hydrogen-bond acceptors (Lipinski definition) is 3. The summed E-state index contributed by atoms with van der Waals surface area (Å²) in [5, 5.41) is 8.52. The lowest BCUT2D eigenvalue weighted by Gasteiger charge is -2.16. The Kier molecular flexibility index (Phi) is 1.99. The highest BCUT2D eigenvalue weighted by Crippen LogP contribution is 2.13. The molecule has 0 radical (unpaired) electrons. The Bertz CT molecular complexity index is 226. The smallest absolute Gasteiger partial charge is 0.408 e. The Morgan fingerprint density at radius 3 is 2.50 bits per heavy atom. The van der Waals surface area contributed by atoms with Crippen LogP contribution in [0, 0.1) is 0 Å². The summed E-state index contributed by atoms with van der Waals surface area (Å²) < 4.78 is 0. The monoisotopic (exact) mass is 172 g/mol. The second-order valence-corrected chi connectivity index (χ2v) is 2.57. The van der Waals surface area contributed by atoms with Gasteiger partial charge in [0, 0.05) is 6.42 Å². The largest absolute Gasteiger partial charge is 0.465 e. The number of amides is 2. The first-order valence-corrected chi connectivity index (χ1v) is 3.33. The SMILES string of the molecule is NC(=O)[C@@H]1CC(=O)CN1C(=O)O. The van der Waals surface area contributed by atoms with E-state index in [1.165, 1.54) is 0 Å². The zero-order valence-corrected chi connectivity index (χ0v) is 6.19. The fourth-order valence-corrected chi connectivity index (χ4v) is 1.15. The van der Waals surface area contributed by atoms with E-state index in [4.69, 9.17) is 10.8 Å². The fourth-order valence-electron chi connectivity index (χ4n) is 1.15. The predicted octanol–water partition coefficient (Wildman–Crippen LogP) is -1.21. The number of carboxylic acid groups (broad SMARTS) is 1. The van der Waals surface area contributed by atoms with Crippen molar-refractivity contribution in [1.82, 2.24) is 4.90 Å². The molecule has 0 aromatic carbocycles. The molecule has 0 saturated carbocycles. The number of Topliss-reactive ketones (excluding diaryl/α,β-unsaturated/α-hetero) is 1. The van der Waals surface area contributed by atoms with Crippen molar-refractivity contribution < 1.29 is 19.5 Å². The summed E-state index contributed by atoms with van der Waals surface area (Å²) in [6.45, 7) is -0.233. The predicted molar refractivity (Wildman–Crippen MR) is 37.3 cm³/mol. The molecular weight excluding hydrogens is 164 g/mol. The molecule has 1 rings (SSSR count). The summed E-state index contributed by atoms with van der Waals surface area (Å²) in [7, 11) is 0. The van der Waals surface area contributed by atoms with Crippen LogP contribution in [-0.4, -0.2) is 40.4 Å². The highest BCUT2D eigenvalue weighted by Gasteiger charge is 2.37. The number of nitrogens with two attached hydrogens (primary N) is 1. The first-order chi connectivity index (χ1) is 5.52. The third-order valence-corrected chi connectivity index (χ3v) is 1.72. The van der Waals surface area contributed by atoms with Crippen molar-refractivity contribution in [3.8, 4) is 0 Å². The van der Waals surface area contributed by atoms with E-state index in [-0.39, 0.29) is 18.7 Å². The molecule has 6 nitrogen and oxygen atoms in total. The maximum Gasteiger partial charge on any atom is 0.408 e. The summed E-state index contributed by atoms with van der Waals surface area (Å²) in [5.41, 5.74) is 4.89. The molecule has 3 N–H and O–H groups in total. The third kappa shape index (κ3) is 1.36. The standard InChI is InChI=1S/C6H8N2O4/c7-5(10)4-1-3(9)2-8(4)6(11)12/h4H,1-2H2,(H2,7,10)(H,11,12)/t4-/m0/s1. The summed E-state index contributed by atoms with van der Waals surface area (Å²) in [6, 6.07) is -0.977. The summed E-state index contributed by atoms with van der Waals surface area (Å²) >= 11 is 0. The number of primary amides is 1. The number of rotatable bonds is 1. The Labute approximate surface area is 67.9 Å². The molecule has 1 fully saturated rings. The molecule has 0 unspecified atom stereocenters. The van der Waals surface area contributed by atoms with Crippen LogP contribution in [0.25, 0.3) is 0 Å². The molecule has 0 aromatic heterocycles. The Morgan fingerprint density at radius 1 is 1.58 bits per heavy atom. The molecule has 0 bridgehead atoms. The van der Waals surface area contributed by atoms with Gasteiger partial charge in [0.05, 0.1) is 6.54 Å². The number of likely N-dealkylation sites (tertiary alicyclic amines) is 1. The number of carbonyl (C=O) groups is 3. The molecule has 1 atom stereocenters. The quantitative estimate of drug-likeness (QED) is 0.518. The second kappa shape index (κ2) is 2.80. The lowest BCUT2D eigenvalue weighted by Crippen LogP contribution is -2.42. The first kappa shape index (κ1) is 8.51. The molecule has 0 aliphatic carbocycles. The van der Waals surface area contributed by atoms with Crippen LogP contribution in [0.15, 0.2) is 0 Å². The van der Waals surface area contributed by atoms with E-state index >= 15 is 0 Å². The minimum absolute atomic E-state index is 0.0956. The highest BCUT2D eigenvalue weighted by atomic mass is 16.4. The van der Waals surface area contributed by atoms with Gasteiger partial charge in [0.25, 0.3) is 0 Å². The lowest BCUT2D eigenvalue weighted by molar-refractivity contribution is -0.122. The van der Waals surface area contributed by atoms with Crippen molar-refractivity contribution in [3.05, 3.63) is 0 Å². The van der Waals surface area contributed by atoms with Crippen LogP contribution in [0.3, 0.4) is 0 Å². The summed E-state index contributed by atoms with van der Waals surface area (Å²) in [4.78, 5) is 32.6. The Hall–Kier alpha value is -1.59. The van der Waals surface area contributed by atoms with E-state index in [1.807, 2.05) is 0 Å². The zero-order chi connectivity index (χ0) is 9.30. The van der Waals surface area contributed by atoms with Crippen molar-refractivity contribution in [1.29, 1.82) is 0 Å². The number of ketones is 1. The molecule has 1 heterocycles. The fraction of sp³-hybridized carbons (Fsp3) is 0.500. The molecule has 0 spiro atoms. The van der Waals surface area contributed by atoms with Gasteiger partial charge in [-0.05, 0) is 0 Å². The summed E-state index contributed by atoms with van der Waals surface area (Å²) in [6.07, 6.45) is -1.38. The van der Waals surface area contributed by atoms with Gasteiger partial charge in [0.1, 0.15) is 6.04 Å². The van der Waals surface area contributed by atoms with Crippen molar-refractivity contribution in [2.45, 2.75) is 12.5 Å². The van der Waals surface area contributed by atoms with E-state index in [1.54, 1.807) is 0 Å². The number of hydrogen-bond donors (Lipinski definition) is 2. The highest BCUT2D eigenvalue weighted by molar-refractivity contribution is 5.96. The van der Waals surface area contributed by atoms with Crippen LogP contribution in [0.4, 0.5) is 4.79 Å². The van der Waals surface area contributed by atoms with Gasteiger partial charge >= 0.3 is 6.09 Å². The van der Waals surface area contributed by atoms with Gasteiger partial charge in [0.15, 0.2) is 5.78 Å². The molecule has 6 heteroatoms. The van der Waals surface area contributed by atoms with E-state index in [0.29, 0.717) is 0 Å². The van der Waals surface area contributed by atoms with Gasteiger partial charge in [-0.2, -0.15) is 0 Å². The minimum Gasteiger partial charge on any atom is -0.465 e. The Balaban J connectivity index is 2.79.